The van der Waals surface area contributed by atoms with Gasteiger partial charge in [-0.3, -0.25) is 9.69 Å². The van der Waals surface area contributed by atoms with E-state index in [2.05, 4.69) is 4.90 Å². The van der Waals surface area contributed by atoms with E-state index in [-0.39, 0.29) is 24.2 Å². The molecule has 1 amide bonds. The van der Waals surface area contributed by atoms with Crippen molar-refractivity contribution in [2.24, 2.45) is 5.92 Å². The van der Waals surface area contributed by atoms with Crippen LogP contribution in [0, 0.1) is 5.92 Å². The Balaban J connectivity index is 1.86. The number of hydrogen-bond acceptors (Lipinski definition) is 5. The second-order valence-electron chi connectivity index (χ2n) is 7.86. The molecule has 2 aliphatic rings. The van der Waals surface area contributed by atoms with Crippen molar-refractivity contribution in [3.05, 3.63) is 0 Å². The first-order chi connectivity index (χ1) is 10.7. The quantitative estimate of drug-likeness (QED) is 0.745. The van der Waals surface area contributed by atoms with Crippen molar-refractivity contribution >= 4 is 12.1 Å². The van der Waals surface area contributed by atoms with Gasteiger partial charge in [-0.25, -0.2) is 4.79 Å². The van der Waals surface area contributed by atoms with E-state index in [1.54, 1.807) is 11.9 Å². The van der Waals surface area contributed by atoms with Gasteiger partial charge in [-0.2, -0.15) is 0 Å². The van der Waals surface area contributed by atoms with Gasteiger partial charge in [0.2, 0.25) is 0 Å². The Hall–Kier alpha value is -1.30. The van der Waals surface area contributed by atoms with E-state index >= 15 is 0 Å². The van der Waals surface area contributed by atoms with E-state index in [0.717, 1.165) is 32.4 Å². The van der Waals surface area contributed by atoms with E-state index in [1.807, 2.05) is 27.7 Å². The third-order valence-electron chi connectivity index (χ3n) is 4.37. The van der Waals surface area contributed by atoms with Gasteiger partial charge < -0.3 is 14.4 Å². The van der Waals surface area contributed by atoms with Crippen LogP contribution >= 0.6 is 0 Å². The number of hydrogen-bond donors (Lipinski definition) is 0. The maximum absolute atomic E-state index is 12.1. The van der Waals surface area contributed by atoms with Gasteiger partial charge in [0.05, 0.1) is 0 Å². The third kappa shape index (κ3) is 5.09. The Morgan fingerprint density at radius 3 is 2.70 bits per heavy atom. The minimum absolute atomic E-state index is 0.0114. The highest BCUT2D eigenvalue weighted by atomic mass is 16.6. The molecule has 2 saturated heterocycles. The Morgan fingerprint density at radius 2 is 2.13 bits per heavy atom. The summed E-state index contributed by atoms with van der Waals surface area (Å²) in [5.74, 6) is 0.267. The molecule has 0 aromatic heterocycles. The predicted molar refractivity (Wildman–Crippen MR) is 87.1 cm³/mol. The van der Waals surface area contributed by atoms with E-state index in [4.69, 9.17) is 9.47 Å². The Morgan fingerprint density at radius 1 is 1.43 bits per heavy atom. The molecule has 2 rings (SSSR count). The van der Waals surface area contributed by atoms with Gasteiger partial charge in [0, 0.05) is 26.6 Å². The molecule has 2 heterocycles. The van der Waals surface area contributed by atoms with Crippen LogP contribution in [0.3, 0.4) is 0 Å². The van der Waals surface area contributed by atoms with Gasteiger partial charge in [-0.1, -0.05) is 0 Å². The summed E-state index contributed by atoms with van der Waals surface area (Å²) in [5, 5.41) is 0. The molecule has 0 N–H and O–H groups in total. The number of nitrogens with zero attached hydrogens (tertiary/aromatic N) is 2. The van der Waals surface area contributed by atoms with Crippen molar-refractivity contribution < 1.29 is 19.1 Å². The molecule has 0 bridgehead atoms. The molecule has 0 aromatic rings. The van der Waals surface area contributed by atoms with Crippen LogP contribution in [-0.4, -0.2) is 66.3 Å². The van der Waals surface area contributed by atoms with Crippen molar-refractivity contribution in [3.63, 3.8) is 0 Å². The standard InChI is InChI=1S/C17H30N2O4/c1-12-9-14(15(20)22-12)19-8-6-7-13(11-19)10-18(5)16(21)23-17(2,3)4/h12-14H,6-11H2,1-5H3/t12-,13-,14-/m1/s1. The summed E-state index contributed by atoms with van der Waals surface area (Å²) in [7, 11) is 1.78. The van der Waals surface area contributed by atoms with Gasteiger partial charge in [-0.15, -0.1) is 0 Å². The number of rotatable bonds is 3. The summed E-state index contributed by atoms with van der Waals surface area (Å²) in [6, 6.07) is -0.111. The van der Waals surface area contributed by atoms with Gasteiger partial charge >= 0.3 is 12.1 Å². The van der Waals surface area contributed by atoms with Gasteiger partial charge in [0.1, 0.15) is 17.7 Å². The summed E-state index contributed by atoms with van der Waals surface area (Å²) >= 11 is 0. The lowest BCUT2D eigenvalue weighted by Crippen LogP contribution is -2.48. The van der Waals surface area contributed by atoms with E-state index in [0.29, 0.717) is 12.5 Å². The van der Waals surface area contributed by atoms with Crippen LogP contribution in [0.2, 0.25) is 0 Å². The summed E-state index contributed by atoms with van der Waals surface area (Å²) in [4.78, 5) is 27.9. The maximum atomic E-state index is 12.1. The van der Waals surface area contributed by atoms with Crippen LogP contribution < -0.4 is 0 Å². The monoisotopic (exact) mass is 326 g/mol. The molecule has 0 spiro atoms. The molecule has 0 aromatic carbocycles. The predicted octanol–water partition coefficient (Wildman–Crippen LogP) is 2.27. The first-order valence-corrected chi connectivity index (χ1v) is 8.54. The van der Waals surface area contributed by atoms with Crippen LogP contribution in [0.5, 0.6) is 0 Å². The van der Waals surface area contributed by atoms with Gasteiger partial charge in [0.15, 0.2) is 0 Å². The molecule has 3 atom stereocenters. The lowest BCUT2D eigenvalue weighted by Gasteiger charge is -2.36. The van der Waals surface area contributed by atoms with Crippen molar-refractivity contribution in [1.82, 2.24) is 9.80 Å². The molecule has 23 heavy (non-hydrogen) atoms. The summed E-state index contributed by atoms with van der Waals surface area (Å²) in [6.45, 7) is 9.97. The maximum Gasteiger partial charge on any atom is 0.410 e. The van der Waals surface area contributed by atoms with Crippen LogP contribution in [0.25, 0.3) is 0 Å². The summed E-state index contributed by atoms with van der Waals surface area (Å²) in [6.07, 6.45) is 2.61. The Kier molecular flexibility index (Phi) is 5.55. The van der Waals surface area contributed by atoms with E-state index < -0.39 is 5.60 Å². The zero-order valence-electron chi connectivity index (χ0n) is 15.0. The normalized spacial score (nSPS) is 29.3. The minimum atomic E-state index is -0.478. The average molecular weight is 326 g/mol. The highest BCUT2D eigenvalue weighted by molar-refractivity contribution is 5.78. The highest BCUT2D eigenvalue weighted by Crippen LogP contribution is 2.26. The first-order valence-electron chi connectivity index (χ1n) is 8.54. The fourth-order valence-corrected chi connectivity index (χ4v) is 3.36. The van der Waals surface area contributed by atoms with Crippen molar-refractivity contribution in [2.75, 3.05) is 26.7 Å². The molecule has 6 nitrogen and oxygen atoms in total. The second kappa shape index (κ2) is 7.07. The van der Waals surface area contributed by atoms with Crippen molar-refractivity contribution in [1.29, 1.82) is 0 Å². The Labute approximate surface area is 139 Å². The Bertz CT molecular complexity index is 446. The van der Waals surface area contributed by atoms with Crippen LogP contribution in [0.1, 0.15) is 47.0 Å². The van der Waals surface area contributed by atoms with Crippen molar-refractivity contribution in [3.8, 4) is 0 Å². The lowest BCUT2D eigenvalue weighted by atomic mass is 9.95. The topological polar surface area (TPSA) is 59.1 Å². The van der Waals surface area contributed by atoms with Gasteiger partial charge in [-0.05, 0) is 53.0 Å². The fraction of sp³-hybridized carbons (Fsp3) is 0.882. The summed E-state index contributed by atoms with van der Waals surface area (Å²) in [5.41, 5.74) is -0.478. The number of piperidine rings is 1. The molecule has 132 valence electrons. The second-order valence-corrected chi connectivity index (χ2v) is 7.86. The number of amides is 1. The SMILES string of the molecule is C[C@@H]1C[C@@H](N2CCC[C@H](CN(C)C(=O)OC(C)(C)C)C2)C(=O)O1. The smallest absolute Gasteiger partial charge is 0.410 e. The molecule has 2 fully saturated rings. The average Bonchev–Trinajstić information content (AvgIpc) is 2.76. The molecule has 2 aliphatic heterocycles. The van der Waals surface area contributed by atoms with Gasteiger partial charge in [0.25, 0.3) is 0 Å². The lowest BCUT2D eigenvalue weighted by molar-refractivity contribution is -0.145. The number of carbonyl (C=O) groups is 2. The summed E-state index contributed by atoms with van der Waals surface area (Å²) < 4.78 is 10.7. The van der Waals surface area contributed by atoms with E-state index in [9.17, 15) is 9.59 Å². The fourth-order valence-electron chi connectivity index (χ4n) is 3.36. The van der Waals surface area contributed by atoms with Crippen LogP contribution in [-0.2, 0) is 14.3 Å². The first kappa shape index (κ1) is 18.0. The minimum Gasteiger partial charge on any atom is -0.461 e. The number of cyclic esters (lactones) is 1. The zero-order valence-corrected chi connectivity index (χ0v) is 15.0. The van der Waals surface area contributed by atoms with E-state index in [1.165, 1.54) is 0 Å². The number of likely N-dealkylation sites (tertiary alicyclic amines) is 1. The third-order valence-corrected chi connectivity index (χ3v) is 4.37. The largest absolute Gasteiger partial charge is 0.461 e. The molecular weight excluding hydrogens is 296 g/mol. The molecule has 0 radical (unpaired) electrons. The van der Waals surface area contributed by atoms with Crippen LogP contribution in [0.15, 0.2) is 0 Å². The molecular formula is C17H30N2O4. The molecule has 0 aliphatic carbocycles. The van der Waals surface area contributed by atoms with Crippen molar-refractivity contribution in [2.45, 2.75) is 64.7 Å². The zero-order chi connectivity index (χ0) is 17.2. The molecule has 0 saturated carbocycles. The molecule has 0 unspecified atom stereocenters. The number of esters is 1. The number of carbonyl (C=O) groups excluding carboxylic acids is 2. The highest BCUT2D eigenvalue weighted by Gasteiger charge is 2.38. The van der Waals surface area contributed by atoms with Crippen LogP contribution in [0.4, 0.5) is 4.79 Å². The molecule has 6 heteroatoms. The number of ether oxygens (including phenoxy) is 2.